The van der Waals surface area contributed by atoms with E-state index < -0.39 is 48.4 Å². The van der Waals surface area contributed by atoms with Gasteiger partial charge in [0.1, 0.15) is 24.1 Å². The first-order chi connectivity index (χ1) is 9.36. The van der Waals surface area contributed by atoms with Crippen LogP contribution < -0.4 is 11.3 Å². The molecule has 0 spiro atoms. The molecule has 1 aromatic rings. The Morgan fingerprint density at radius 1 is 1.40 bits per heavy atom. The highest BCUT2D eigenvalue weighted by Crippen LogP contribution is 2.29. The van der Waals surface area contributed by atoms with E-state index in [0.29, 0.717) is 0 Å². The van der Waals surface area contributed by atoms with Crippen molar-refractivity contribution in [1.29, 1.82) is 0 Å². The minimum Gasteiger partial charge on any atom is -0.507 e. The minimum atomic E-state index is -1.48. The van der Waals surface area contributed by atoms with Gasteiger partial charge in [-0.1, -0.05) is 0 Å². The van der Waals surface area contributed by atoms with Crippen molar-refractivity contribution in [3.8, 4) is 5.75 Å². The van der Waals surface area contributed by atoms with Gasteiger partial charge in [0.05, 0.1) is 12.2 Å². The summed E-state index contributed by atoms with van der Waals surface area (Å²) in [7, 11) is 0. The number of nitrogens with two attached hydrogens (primary N) is 1. The summed E-state index contributed by atoms with van der Waals surface area (Å²) in [4.78, 5) is 22.9. The number of hydrogen-bond acceptors (Lipinski definition) is 7. The van der Waals surface area contributed by atoms with Gasteiger partial charge >= 0.3 is 0 Å². The molecule has 1 aromatic heterocycles. The first-order valence-corrected chi connectivity index (χ1v) is 5.74. The van der Waals surface area contributed by atoms with Gasteiger partial charge in [0.25, 0.3) is 11.5 Å². The van der Waals surface area contributed by atoms with Crippen LogP contribution in [0.25, 0.3) is 0 Å². The number of aromatic hydroxyl groups is 1. The van der Waals surface area contributed by atoms with Gasteiger partial charge in [0.15, 0.2) is 6.23 Å². The van der Waals surface area contributed by atoms with Crippen LogP contribution in [0.4, 0.5) is 0 Å². The lowest BCUT2D eigenvalue weighted by molar-refractivity contribution is -0.0545. The Morgan fingerprint density at radius 3 is 2.55 bits per heavy atom. The third-order valence-electron chi connectivity index (χ3n) is 3.12. The Balaban J connectivity index is 2.46. The maximum absolute atomic E-state index is 11.8. The van der Waals surface area contributed by atoms with E-state index in [0.717, 1.165) is 16.8 Å². The smallest absolute Gasteiger partial charge is 0.256 e. The quantitative estimate of drug-likeness (QED) is 0.403. The van der Waals surface area contributed by atoms with Crippen molar-refractivity contribution in [3.63, 3.8) is 0 Å². The van der Waals surface area contributed by atoms with Crippen molar-refractivity contribution in [2.75, 3.05) is 6.61 Å². The molecular formula is C11H14N2O7. The van der Waals surface area contributed by atoms with Gasteiger partial charge in [-0.25, -0.2) is 0 Å². The van der Waals surface area contributed by atoms with Gasteiger partial charge in [-0.2, -0.15) is 0 Å². The van der Waals surface area contributed by atoms with Crippen molar-refractivity contribution in [2.24, 2.45) is 5.73 Å². The van der Waals surface area contributed by atoms with Crippen LogP contribution in [0, 0.1) is 0 Å². The Bertz CT molecular complexity index is 585. The summed E-state index contributed by atoms with van der Waals surface area (Å²) in [6, 6.07) is 0.745. The normalized spacial score (nSPS) is 29.6. The molecular weight excluding hydrogens is 272 g/mol. The lowest BCUT2D eigenvalue weighted by Crippen LogP contribution is -2.35. The van der Waals surface area contributed by atoms with Crippen LogP contribution in [-0.4, -0.2) is 55.8 Å². The van der Waals surface area contributed by atoms with E-state index in [-0.39, 0.29) is 5.56 Å². The van der Waals surface area contributed by atoms with Crippen molar-refractivity contribution < 1.29 is 30.0 Å². The fraction of sp³-hybridized carbons (Fsp3) is 0.455. The van der Waals surface area contributed by atoms with Crippen molar-refractivity contribution >= 4 is 5.91 Å². The van der Waals surface area contributed by atoms with E-state index in [4.69, 9.17) is 15.6 Å². The fourth-order valence-electron chi connectivity index (χ4n) is 2.04. The first kappa shape index (κ1) is 14.5. The average Bonchev–Trinajstić information content (AvgIpc) is 2.66. The Hall–Kier alpha value is -1.94. The summed E-state index contributed by atoms with van der Waals surface area (Å²) in [6.45, 7) is -0.551. The predicted octanol–water partition coefficient (Wildman–Crippen LogP) is -2.74. The number of pyridine rings is 1. The van der Waals surface area contributed by atoms with Gasteiger partial charge in [-0.05, 0) is 0 Å². The molecule has 1 aliphatic heterocycles. The molecule has 2 heterocycles. The molecule has 2 rings (SSSR count). The third kappa shape index (κ3) is 2.27. The van der Waals surface area contributed by atoms with Gasteiger partial charge in [-0.15, -0.1) is 0 Å². The number of primary amides is 1. The Kier molecular flexibility index (Phi) is 3.77. The monoisotopic (exact) mass is 286 g/mol. The van der Waals surface area contributed by atoms with Crippen LogP contribution >= 0.6 is 0 Å². The lowest BCUT2D eigenvalue weighted by Gasteiger charge is -2.18. The van der Waals surface area contributed by atoms with Gasteiger partial charge in [-0.3, -0.25) is 14.2 Å². The zero-order chi connectivity index (χ0) is 15.0. The molecule has 1 saturated heterocycles. The SMILES string of the molecule is NC(=O)c1cn([C@@H]2O[C@H](CO)[C@@H](O)[C@H]2O)c(=O)cc1O. The molecule has 20 heavy (non-hydrogen) atoms. The number of aliphatic hydroxyl groups is 3. The highest BCUT2D eigenvalue weighted by atomic mass is 16.6. The lowest BCUT2D eigenvalue weighted by atomic mass is 10.1. The molecule has 1 fully saturated rings. The van der Waals surface area contributed by atoms with Gasteiger partial charge in [0.2, 0.25) is 0 Å². The molecule has 9 heteroatoms. The molecule has 0 unspecified atom stereocenters. The predicted molar refractivity (Wildman–Crippen MR) is 63.9 cm³/mol. The highest BCUT2D eigenvalue weighted by molar-refractivity contribution is 5.95. The standard InChI is InChI=1S/C11H14N2O7/c12-10(19)4-2-13(7(16)1-5(4)15)11-9(18)8(17)6(3-14)20-11/h1-2,6,8-9,11,14-15,17-18H,3H2,(H2,12,19)/t6-,8-,9-,11-/m1/s1. The molecule has 9 nitrogen and oxygen atoms in total. The molecule has 4 atom stereocenters. The molecule has 110 valence electrons. The van der Waals surface area contributed by atoms with Crippen LogP contribution in [0.2, 0.25) is 0 Å². The molecule has 6 N–H and O–H groups in total. The number of aliphatic hydroxyl groups excluding tert-OH is 3. The maximum Gasteiger partial charge on any atom is 0.256 e. The van der Waals surface area contributed by atoms with Crippen LogP contribution in [0.5, 0.6) is 5.75 Å². The number of hydrogen-bond donors (Lipinski definition) is 5. The fourth-order valence-corrected chi connectivity index (χ4v) is 2.04. The number of ether oxygens (including phenoxy) is 1. The number of rotatable bonds is 3. The summed E-state index contributed by atoms with van der Waals surface area (Å²) >= 11 is 0. The summed E-state index contributed by atoms with van der Waals surface area (Å²) in [6.07, 6.45) is -4.29. The Morgan fingerprint density at radius 2 is 2.05 bits per heavy atom. The van der Waals surface area contributed by atoms with Crippen LogP contribution in [-0.2, 0) is 4.74 Å². The zero-order valence-electron chi connectivity index (χ0n) is 10.2. The molecule has 0 aliphatic carbocycles. The first-order valence-electron chi connectivity index (χ1n) is 5.74. The van der Waals surface area contributed by atoms with E-state index in [1.54, 1.807) is 0 Å². The summed E-state index contributed by atoms with van der Waals surface area (Å²) < 4.78 is 5.98. The van der Waals surface area contributed by atoms with E-state index in [2.05, 4.69) is 0 Å². The number of carbonyl (C=O) groups is 1. The molecule has 0 saturated carbocycles. The van der Waals surface area contributed by atoms with Crippen molar-refractivity contribution in [2.45, 2.75) is 24.5 Å². The third-order valence-corrected chi connectivity index (χ3v) is 3.12. The maximum atomic E-state index is 11.8. The number of aromatic nitrogens is 1. The summed E-state index contributed by atoms with van der Waals surface area (Å²) in [5.74, 6) is -1.56. The molecule has 0 aromatic carbocycles. The molecule has 0 radical (unpaired) electrons. The average molecular weight is 286 g/mol. The number of carbonyl (C=O) groups excluding carboxylic acids is 1. The second-order valence-electron chi connectivity index (χ2n) is 4.41. The van der Waals surface area contributed by atoms with Crippen LogP contribution in [0.15, 0.2) is 17.1 Å². The van der Waals surface area contributed by atoms with E-state index in [9.17, 15) is 24.9 Å². The van der Waals surface area contributed by atoms with Gasteiger partial charge in [0, 0.05) is 12.3 Å². The van der Waals surface area contributed by atoms with E-state index >= 15 is 0 Å². The van der Waals surface area contributed by atoms with Crippen LogP contribution in [0.1, 0.15) is 16.6 Å². The number of amides is 1. The number of nitrogens with zero attached hydrogens (tertiary/aromatic N) is 1. The highest BCUT2D eigenvalue weighted by Gasteiger charge is 2.43. The van der Waals surface area contributed by atoms with Gasteiger partial charge < -0.3 is 30.9 Å². The van der Waals surface area contributed by atoms with Crippen LogP contribution in [0.3, 0.4) is 0 Å². The minimum absolute atomic E-state index is 0.331. The Labute approximate surface area is 112 Å². The topological polar surface area (TPSA) is 155 Å². The summed E-state index contributed by atoms with van der Waals surface area (Å²) in [5, 5.41) is 37.8. The van der Waals surface area contributed by atoms with E-state index in [1.807, 2.05) is 0 Å². The second-order valence-corrected chi connectivity index (χ2v) is 4.41. The second kappa shape index (κ2) is 5.21. The molecule has 0 bridgehead atoms. The molecule has 1 aliphatic rings. The van der Waals surface area contributed by atoms with Crippen molar-refractivity contribution in [1.82, 2.24) is 4.57 Å². The molecule has 1 amide bonds. The largest absolute Gasteiger partial charge is 0.507 e. The van der Waals surface area contributed by atoms with E-state index in [1.165, 1.54) is 0 Å². The zero-order valence-corrected chi connectivity index (χ0v) is 10.2. The summed E-state index contributed by atoms with van der Waals surface area (Å²) in [5.41, 5.74) is 3.95. The van der Waals surface area contributed by atoms with Crippen molar-refractivity contribution in [3.05, 3.63) is 28.2 Å².